The number of imidazole rings is 1. The van der Waals surface area contributed by atoms with Crippen molar-refractivity contribution in [3.63, 3.8) is 0 Å². The summed E-state index contributed by atoms with van der Waals surface area (Å²) in [7, 11) is 0.423. The molecule has 23 heavy (non-hydrogen) atoms. The Hall–Kier alpha value is -1.55. The van der Waals surface area contributed by atoms with Crippen LogP contribution in [0, 0.1) is 0 Å². The Bertz CT molecular complexity index is 814. The Balaban J connectivity index is 2.13. The predicted octanol–water partition coefficient (Wildman–Crippen LogP) is 4.51. The lowest BCUT2D eigenvalue weighted by atomic mass is 9.83. The summed E-state index contributed by atoms with van der Waals surface area (Å²) < 4.78 is 5.16. The van der Waals surface area contributed by atoms with Gasteiger partial charge in [0, 0.05) is 27.8 Å². The second kappa shape index (κ2) is 4.10. The van der Waals surface area contributed by atoms with E-state index in [0.717, 1.165) is 0 Å². The molecule has 3 nitrogen and oxygen atoms in total. The number of fused-ring (bicyclic) bond motifs is 5. The van der Waals surface area contributed by atoms with Crippen LogP contribution < -0.4 is 4.57 Å². The molecule has 0 amide bonds. The minimum atomic E-state index is -1.83. The number of hydrogen-bond acceptors (Lipinski definition) is 2. The maximum absolute atomic E-state index is 5.22. The number of para-hydroxylation sites is 1. The van der Waals surface area contributed by atoms with E-state index in [1.807, 2.05) is 0 Å². The highest BCUT2D eigenvalue weighted by Crippen LogP contribution is 2.53. The van der Waals surface area contributed by atoms with Crippen molar-refractivity contribution in [2.75, 3.05) is 11.6 Å². The zero-order valence-electron chi connectivity index (χ0n) is 15.4. The van der Waals surface area contributed by atoms with Gasteiger partial charge in [-0.25, -0.2) is 4.98 Å². The third kappa shape index (κ3) is 1.73. The molecular formula is C19H27N3Si. The second-order valence-electron chi connectivity index (χ2n) is 8.98. The van der Waals surface area contributed by atoms with E-state index in [4.69, 9.17) is 4.98 Å². The largest absolute Gasteiger partial charge is 0.383 e. The summed E-state index contributed by atoms with van der Waals surface area (Å²) in [5.74, 6) is 1.20. The minimum absolute atomic E-state index is 0.154. The van der Waals surface area contributed by atoms with E-state index in [2.05, 4.69) is 80.9 Å². The van der Waals surface area contributed by atoms with Gasteiger partial charge in [-0.15, -0.1) is 0 Å². The number of rotatable bonds is 0. The maximum Gasteiger partial charge on any atom is 0.263 e. The minimum Gasteiger partial charge on any atom is -0.383 e. The first-order chi connectivity index (χ1) is 10.6. The Morgan fingerprint density at radius 1 is 1.04 bits per heavy atom. The summed E-state index contributed by atoms with van der Waals surface area (Å²) >= 11 is 0. The molecule has 0 saturated heterocycles. The molecule has 2 aliphatic rings. The standard InChI is InChI=1S/C19H27N3Si/c1-18(2)12-19(3,4)16-15(18)20-17-13-10-8-9-11-14(13)21(5)23(6,7)22(16)17/h8-11H,12H2,1-7H3. The zero-order valence-corrected chi connectivity index (χ0v) is 16.4. The number of benzene rings is 1. The molecule has 0 N–H and O–H groups in total. The molecule has 122 valence electrons. The molecule has 1 aromatic heterocycles. The van der Waals surface area contributed by atoms with Crippen LogP contribution in [0.5, 0.6) is 0 Å². The molecule has 0 unspecified atom stereocenters. The SMILES string of the molecule is CN1c2ccccc2-c2nc3c(n2[Si]1(C)C)C(C)(C)CC3(C)C. The molecule has 1 aliphatic carbocycles. The quantitative estimate of drug-likeness (QED) is 0.665. The lowest BCUT2D eigenvalue weighted by Crippen LogP contribution is -2.56. The van der Waals surface area contributed by atoms with Crippen LogP contribution in [0.2, 0.25) is 13.1 Å². The van der Waals surface area contributed by atoms with Gasteiger partial charge in [-0.3, -0.25) is 0 Å². The van der Waals surface area contributed by atoms with Crippen LogP contribution in [0.1, 0.15) is 45.5 Å². The van der Waals surface area contributed by atoms with Crippen molar-refractivity contribution < 1.29 is 0 Å². The number of hydrogen-bond donors (Lipinski definition) is 0. The van der Waals surface area contributed by atoms with Gasteiger partial charge in [0.1, 0.15) is 5.82 Å². The van der Waals surface area contributed by atoms with Gasteiger partial charge in [-0.05, 0) is 38.7 Å². The average molecular weight is 326 g/mol. The van der Waals surface area contributed by atoms with Gasteiger partial charge in [-0.2, -0.15) is 0 Å². The molecule has 1 aromatic carbocycles. The van der Waals surface area contributed by atoms with Crippen LogP contribution in [0.15, 0.2) is 24.3 Å². The highest BCUT2D eigenvalue weighted by Gasteiger charge is 2.51. The van der Waals surface area contributed by atoms with E-state index in [1.54, 1.807) is 0 Å². The normalized spacial score (nSPS) is 22.5. The van der Waals surface area contributed by atoms with Crippen LogP contribution in [0.25, 0.3) is 11.4 Å². The van der Waals surface area contributed by atoms with E-state index in [0.29, 0.717) is 0 Å². The summed E-state index contributed by atoms with van der Waals surface area (Å²) in [5.41, 5.74) is 5.75. The lowest BCUT2D eigenvalue weighted by molar-refractivity contribution is 0.391. The lowest BCUT2D eigenvalue weighted by Gasteiger charge is -2.44. The molecular weight excluding hydrogens is 298 g/mol. The van der Waals surface area contributed by atoms with Gasteiger partial charge in [0.25, 0.3) is 8.40 Å². The summed E-state index contributed by atoms with van der Waals surface area (Å²) in [6.45, 7) is 14.4. The Labute approximate surface area is 140 Å². The van der Waals surface area contributed by atoms with Crippen LogP contribution in [-0.4, -0.2) is 24.7 Å². The van der Waals surface area contributed by atoms with Crippen molar-refractivity contribution in [3.05, 3.63) is 35.7 Å². The number of anilines is 1. The highest BCUT2D eigenvalue weighted by atomic mass is 28.3. The third-order valence-electron chi connectivity index (χ3n) is 5.92. The Kier molecular flexibility index (Phi) is 2.67. The fourth-order valence-corrected chi connectivity index (χ4v) is 7.63. The molecule has 0 bridgehead atoms. The van der Waals surface area contributed by atoms with E-state index >= 15 is 0 Å². The first-order valence-corrected chi connectivity index (χ1v) is 11.4. The molecule has 0 atom stereocenters. The molecule has 4 heteroatoms. The van der Waals surface area contributed by atoms with Gasteiger partial charge in [0.05, 0.1) is 5.69 Å². The van der Waals surface area contributed by atoms with Crippen LogP contribution in [0.4, 0.5) is 5.69 Å². The number of aromatic nitrogens is 2. The highest BCUT2D eigenvalue weighted by molar-refractivity contribution is 6.80. The van der Waals surface area contributed by atoms with Crippen molar-refractivity contribution in [1.29, 1.82) is 0 Å². The van der Waals surface area contributed by atoms with Crippen molar-refractivity contribution in [2.24, 2.45) is 0 Å². The summed E-state index contributed by atoms with van der Waals surface area (Å²) in [6, 6.07) is 8.74. The molecule has 0 radical (unpaired) electrons. The zero-order chi connectivity index (χ0) is 16.8. The molecule has 0 spiro atoms. The van der Waals surface area contributed by atoms with Crippen LogP contribution in [-0.2, 0) is 10.8 Å². The van der Waals surface area contributed by atoms with E-state index in [1.165, 1.54) is 34.9 Å². The van der Waals surface area contributed by atoms with Gasteiger partial charge in [0.2, 0.25) is 0 Å². The molecule has 2 heterocycles. The molecule has 0 saturated carbocycles. The smallest absolute Gasteiger partial charge is 0.263 e. The topological polar surface area (TPSA) is 21.1 Å². The van der Waals surface area contributed by atoms with Crippen LogP contribution >= 0.6 is 0 Å². The predicted molar refractivity (Wildman–Crippen MR) is 99.6 cm³/mol. The van der Waals surface area contributed by atoms with Crippen LogP contribution in [0.3, 0.4) is 0 Å². The van der Waals surface area contributed by atoms with E-state index in [9.17, 15) is 0 Å². The molecule has 1 aliphatic heterocycles. The first kappa shape index (κ1) is 15.0. The van der Waals surface area contributed by atoms with E-state index in [-0.39, 0.29) is 10.8 Å². The number of nitrogens with zero attached hydrogens (tertiary/aromatic N) is 3. The molecule has 4 rings (SSSR count). The monoisotopic (exact) mass is 325 g/mol. The van der Waals surface area contributed by atoms with Crippen molar-refractivity contribution in [2.45, 2.75) is 58.0 Å². The molecule has 2 aromatic rings. The van der Waals surface area contributed by atoms with Gasteiger partial charge >= 0.3 is 0 Å². The average Bonchev–Trinajstić information content (AvgIpc) is 2.94. The van der Waals surface area contributed by atoms with E-state index < -0.39 is 8.40 Å². The summed E-state index contributed by atoms with van der Waals surface area (Å²) in [4.78, 5) is 5.22. The Morgan fingerprint density at radius 3 is 2.39 bits per heavy atom. The fourth-order valence-electron chi connectivity index (χ4n) is 4.90. The molecule has 0 fully saturated rings. The Morgan fingerprint density at radius 2 is 1.70 bits per heavy atom. The van der Waals surface area contributed by atoms with Gasteiger partial charge < -0.3 is 8.80 Å². The first-order valence-electron chi connectivity index (χ1n) is 8.55. The summed E-state index contributed by atoms with van der Waals surface area (Å²) in [5, 5.41) is 0. The maximum atomic E-state index is 5.22. The fraction of sp³-hybridized carbons (Fsp3) is 0.526. The summed E-state index contributed by atoms with van der Waals surface area (Å²) in [6.07, 6.45) is 1.17. The van der Waals surface area contributed by atoms with Crippen molar-refractivity contribution >= 4 is 14.1 Å². The second-order valence-corrected chi connectivity index (χ2v) is 13.1. The van der Waals surface area contributed by atoms with Gasteiger partial charge in [0.15, 0.2) is 0 Å². The van der Waals surface area contributed by atoms with Crippen molar-refractivity contribution in [3.8, 4) is 11.4 Å². The van der Waals surface area contributed by atoms with Crippen molar-refractivity contribution in [1.82, 2.24) is 9.22 Å². The van der Waals surface area contributed by atoms with Gasteiger partial charge in [-0.1, -0.05) is 39.8 Å². The third-order valence-corrected chi connectivity index (χ3v) is 9.33.